The maximum Gasteiger partial charge on any atom is 0.228 e. The lowest BCUT2D eigenvalue weighted by Gasteiger charge is -2.33. The van der Waals surface area contributed by atoms with Crippen molar-refractivity contribution in [2.75, 3.05) is 36.0 Å². The molecule has 5 rings (SSSR count). The van der Waals surface area contributed by atoms with Crippen LogP contribution in [0.4, 0.5) is 11.6 Å². The molecule has 27 heavy (non-hydrogen) atoms. The van der Waals surface area contributed by atoms with Crippen LogP contribution in [0, 0.1) is 12.8 Å². The molecule has 2 fully saturated rings. The molecule has 0 radical (unpaired) electrons. The Morgan fingerprint density at radius 2 is 2.04 bits per heavy atom. The van der Waals surface area contributed by atoms with Crippen molar-refractivity contribution in [3.63, 3.8) is 0 Å². The van der Waals surface area contributed by atoms with Crippen molar-refractivity contribution < 1.29 is 4.79 Å². The molecular weight excluding hydrogens is 342 g/mol. The number of aryl methyl sites for hydroxylation is 1. The minimum Gasteiger partial charge on any atom is -0.356 e. The molecule has 0 N–H and O–H groups in total. The Bertz CT molecular complexity index is 868. The van der Waals surface area contributed by atoms with Gasteiger partial charge in [-0.05, 0) is 25.8 Å². The molecule has 1 unspecified atom stereocenters. The lowest BCUT2D eigenvalue weighted by Crippen LogP contribution is -2.39. The van der Waals surface area contributed by atoms with E-state index in [1.54, 1.807) is 12.5 Å². The Morgan fingerprint density at radius 1 is 1.15 bits per heavy atom. The quantitative estimate of drug-likeness (QED) is 0.807. The second kappa shape index (κ2) is 6.44. The SMILES string of the molecule is Cc1nc2c(c(N3CCC3)n1)CN(C(=O)C1CCN(c3ccncn3)C1)C2. The zero-order chi connectivity index (χ0) is 18.4. The molecule has 2 saturated heterocycles. The zero-order valence-electron chi connectivity index (χ0n) is 15.5. The fraction of sp³-hybridized carbons (Fsp3) is 0.526. The summed E-state index contributed by atoms with van der Waals surface area (Å²) >= 11 is 0. The summed E-state index contributed by atoms with van der Waals surface area (Å²) in [6.07, 6.45) is 5.37. The van der Waals surface area contributed by atoms with E-state index >= 15 is 0 Å². The van der Waals surface area contributed by atoms with Crippen molar-refractivity contribution in [3.05, 3.63) is 35.7 Å². The van der Waals surface area contributed by atoms with E-state index in [4.69, 9.17) is 0 Å². The van der Waals surface area contributed by atoms with Crippen molar-refractivity contribution in [3.8, 4) is 0 Å². The molecule has 8 heteroatoms. The lowest BCUT2D eigenvalue weighted by molar-refractivity contribution is -0.135. The molecule has 2 aromatic heterocycles. The summed E-state index contributed by atoms with van der Waals surface area (Å²) in [5.74, 6) is 2.95. The van der Waals surface area contributed by atoms with Crippen LogP contribution in [0.1, 0.15) is 29.9 Å². The summed E-state index contributed by atoms with van der Waals surface area (Å²) < 4.78 is 0. The van der Waals surface area contributed by atoms with Gasteiger partial charge >= 0.3 is 0 Å². The van der Waals surface area contributed by atoms with Gasteiger partial charge in [-0.1, -0.05) is 0 Å². The van der Waals surface area contributed by atoms with E-state index in [1.165, 1.54) is 6.42 Å². The summed E-state index contributed by atoms with van der Waals surface area (Å²) in [4.78, 5) is 37.1. The van der Waals surface area contributed by atoms with Crippen LogP contribution in [0.3, 0.4) is 0 Å². The van der Waals surface area contributed by atoms with Gasteiger partial charge in [-0.2, -0.15) is 0 Å². The molecule has 5 heterocycles. The van der Waals surface area contributed by atoms with Gasteiger partial charge < -0.3 is 14.7 Å². The van der Waals surface area contributed by atoms with E-state index in [9.17, 15) is 4.79 Å². The largest absolute Gasteiger partial charge is 0.356 e. The Labute approximate surface area is 158 Å². The van der Waals surface area contributed by atoms with Crippen molar-refractivity contribution in [1.29, 1.82) is 0 Å². The average molecular weight is 365 g/mol. The number of fused-ring (bicyclic) bond motifs is 1. The molecule has 0 saturated carbocycles. The van der Waals surface area contributed by atoms with Gasteiger partial charge in [-0.15, -0.1) is 0 Å². The molecule has 3 aliphatic rings. The van der Waals surface area contributed by atoms with Crippen LogP contribution >= 0.6 is 0 Å². The molecule has 140 valence electrons. The molecule has 1 atom stereocenters. The first-order chi connectivity index (χ1) is 13.2. The highest BCUT2D eigenvalue weighted by molar-refractivity contribution is 5.81. The Hall–Kier alpha value is -2.77. The minimum atomic E-state index is 0.00999. The second-order valence-electron chi connectivity index (χ2n) is 7.55. The normalized spacial score (nSPS) is 21.4. The van der Waals surface area contributed by atoms with Crippen molar-refractivity contribution in [2.24, 2.45) is 5.92 Å². The molecule has 0 aromatic carbocycles. The Morgan fingerprint density at radius 3 is 2.78 bits per heavy atom. The zero-order valence-corrected chi connectivity index (χ0v) is 15.5. The summed E-state index contributed by atoms with van der Waals surface area (Å²) in [5, 5.41) is 0. The van der Waals surface area contributed by atoms with Crippen molar-refractivity contribution in [2.45, 2.75) is 32.9 Å². The number of carbonyl (C=O) groups is 1. The molecule has 1 amide bonds. The predicted molar refractivity (Wildman–Crippen MR) is 100 cm³/mol. The molecule has 0 aliphatic carbocycles. The fourth-order valence-electron chi connectivity index (χ4n) is 4.20. The number of nitrogens with zero attached hydrogens (tertiary/aromatic N) is 7. The first-order valence-corrected chi connectivity index (χ1v) is 9.60. The van der Waals surface area contributed by atoms with Gasteiger partial charge in [0.15, 0.2) is 0 Å². The van der Waals surface area contributed by atoms with Crippen LogP contribution in [0.5, 0.6) is 0 Å². The van der Waals surface area contributed by atoms with E-state index in [0.29, 0.717) is 19.6 Å². The summed E-state index contributed by atoms with van der Waals surface area (Å²) in [6, 6.07) is 1.90. The van der Waals surface area contributed by atoms with Crippen LogP contribution in [0.2, 0.25) is 0 Å². The molecule has 2 aromatic rings. The number of hydrogen-bond donors (Lipinski definition) is 0. The standard InChI is InChI=1S/C19H23N7O/c1-13-22-16-11-26(10-15(16)18(23-13)24-6-2-7-24)19(27)14-4-8-25(9-14)17-3-5-20-12-21-17/h3,5,12,14H,2,4,6-11H2,1H3. The first-order valence-electron chi connectivity index (χ1n) is 9.60. The lowest BCUT2D eigenvalue weighted by atomic mass is 10.1. The number of anilines is 2. The van der Waals surface area contributed by atoms with Crippen molar-refractivity contribution >= 4 is 17.5 Å². The minimum absolute atomic E-state index is 0.00999. The summed E-state index contributed by atoms with van der Waals surface area (Å²) in [7, 11) is 0. The highest BCUT2D eigenvalue weighted by Crippen LogP contribution is 2.33. The Kier molecular flexibility index (Phi) is 3.91. The van der Waals surface area contributed by atoms with Gasteiger partial charge in [0.2, 0.25) is 5.91 Å². The monoisotopic (exact) mass is 365 g/mol. The Balaban J connectivity index is 1.31. The van der Waals surface area contributed by atoms with Crippen LogP contribution < -0.4 is 9.80 Å². The van der Waals surface area contributed by atoms with Gasteiger partial charge in [0.1, 0.15) is 23.8 Å². The van der Waals surface area contributed by atoms with E-state index < -0.39 is 0 Å². The predicted octanol–water partition coefficient (Wildman–Crippen LogP) is 1.15. The number of hydrogen-bond acceptors (Lipinski definition) is 7. The smallest absolute Gasteiger partial charge is 0.228 e. The van der Waals surface area contributed by atoms with E-state index in [0.717, 1.165) is 54.8 Å². The van der Waals surface area contributed by atoms with Crippen LogP contribution in [-0.4, -0.2) is 56.9 Å². The number of carbonyl (C=O) groups excluding carboxylic acids is 1. The third-order valence-electron chi connectivity index (χ3n) is 5.77. The van der Waals surface area contributed by atoms with Gasteiger partial charge in [-0.25, -0.2) is 19.9 Å². The van der Waals surface area contributed by atoms with Gasteiger partial charge in [0.25, 0.3) is 0 Å². The first kappa shape index (κ1) is 16.4. The average Bonchev–Trinajstić information content (AvgIpc) is 3.27. The van der Waals surface area contributed by atoms with E-state index in [2.05, 4.69) is 29.7 Å². The fourth-order valence-corrected chi connectivity index (χ4v) is 4.20. The summed E-state index contributed by atoms with van der Waals surface area (Å²) in [6.45, 7) is 6.83. The molecular formula is C19H23N7O. The highest BCUT2D eigenvalue weighted by atomic mass is 16.2. The summed E-state index contributed by atoms with van der Waals surface area (Å²) in [5.41, 5.74) is 2.16. The third kappa shape index (κ3) is 2.89. The van der Waals surface area contributed by atoms with Gasteiger partial charge in [-0.3, -0.25) is 4.79 Å². The molecule has 8 nitrogen and oxygen atoms in total. The molecule has 3 aliphatic heterocycles. The second-order valence-corrected chi connectivity index (χ2v) is 7.55. The third-order valence-corrected chi connectivity index (χ3v) is 5.77. The maximum atomic E-state index is 13.1. The number of aromatic nitrogens is 4. The van der Waals surface area contributed by atoms with Gasteiger partial charge in [0, 0.05) is 37.9 Å². The molecule has 0 bridgehead atoms. The topological polar surface area (TPSA) is 78.4 Å². The van der Waals surface area contributed by atoms with Crippen LogP contribution in [0.25, 0.3) is 0 Å². The van der Waals surface area contributed by atoms with E-state index in [1.807, 2.05) is 17.9 Å². The van der Waals surface area contributed by atoms with Crippen LogP contribution in [0.15, 0.2) is 18.6 Å². The van der Waals surface area contributed by atoms with Crippen LogP contribution in [-0.2, 0) is 17.9 Å². The van der Waals surface area contributed by atoms with Gasteiger partial charge in [0.05, 0.1) is 24.7 Å². The van der Waals surface area contributed by atoms with Crippen molar-refractivity contribution in [1.82, 2.24) is 24.8 Å². The maximum absolute atomic E-state index is 13.1. The number of rotatable bonds is 3. The highest BCUT2D eigenvalue weighted by Gasteiger charge is 2.36. The number of amides is 1. The molecule has 0 spiro atoms. The van der Waals surface area contributed by atoms with E-state index in [-0.39, 0.29) is 11.8 Å².